The lowest BCUT2D eigenvalue weighted by Gasteiger charge is -2.39. The molecule has 2 aromatic rings. The van der Waals surface area contributed by atoms with Crippen molar-refractivity contribution in [2.45, 2.75) is 36.5 Å². The van der Waals surface area contributed by atoms with Gasteiger partial charge in [-0.05, 0) is 48.6 Å². The molecule has 1 aliphatic heterocycles. The fourth-order valence-electron chi connectivity index (χ4n) is 3.71. The molecule has 0 aliphatic carbocycles. The summed E-state index contributed by atoms with van der Waals surface area (Å²) in [5, 5.41) is 0. The minimum absolute atomic E-state index is 0.0349. The van der Waals surface area contributed by atoms with Gasteiger partial charge in [0.2, 0.25) is 0 Å². The number of hydrogen-bond donors (Lipinski definition) is 1. The van der Waals surface area contributed by atoms with Crippen LogP contribution in [0.3, 0.4) is 0 Å². The van der Waals surface area contributed by atoms with E-state index >= 15 is 0 Å². The van der Waals surface area contributed by atoms with Gasteiger partial charge in [-0.2, -0.15) is 0 Å². The molecule has 27 heavy (non-hydrogen) atoms. The van der Waals surface area contributed by atoms with Crippen molar-refractivity contribution in [2.75, 3.05) is 13.1 Å². The highest BCUT2D eigenvalue weighted by Crippen LogP contribution is 2.25. The molecule has 5 nitrogen and oxygen atoms in total. The van der Waals surface area contributed by atoms with Crippen LogP contribution in [0.5, 0.6) is 0 Å². The molecule has 2 aromatic carbocycles. The van der Waals surface area contributed by atoms with Gasteiger partial charge in [0.25, 0.3) is 5.91 Å². The predicted molar refractivity (Wildman–Crippen MR) is 106 cm³/mol. The normalized spacial score (nSPS) is 20.4. The standard InChI is InChI=1S/C21H26N2O3S/c1-16-6-5-13-23(20(16)14-22)21(24)18-9-11-19(12-10-18)27(25,26)15-17-7-3-2-4-8-17/h2-4,7-12,16,20H,5-6,13-15,22H2,1H3/t16-,20-/m1/s1. The van der Waals surface area contributed by atoms with Crippen LogP contribution in [0.25, 0.3) is 0 Å². The van der Waals surface area contributed by atoms with Crippen molar-refractivity contribution in [3.05, 3.63) is 65.7 Å². The zero-order valence-corrected chi connectivity index (χ0v) is 16.4. The third kappa shape index (κ3) is 4.39. The summed E-state index contributed by atoms with van der Waals surface area (Å²) >= 11 is 0. The number of piperidine rings is 1. The van der Waals surface area contributed by atoms with Gasteiger partial charge in [-0.15, -0.1) is 0 Å². The molecule has 1 aliphatic rings. The van der Waals surface area contributed by atoms with Crippen LogP contribution >= 0.6 is 0 Å². The Labute approximate surface area is 161 Å². The average Bonchev–Trinajstić information content (AvgIpc) is 2.68. The first-order valence-corrected chi connectivity index (χ1v) is 11.0. The maximum Gasteiger partial charge on any atom is 0.254 e. The van der Waals surface area contributed by atoms with E-state index in [0.29, 0.717) is 24.6 Å². The van der Waals surface area contributed by atoms with Gasteiger partial charge in [-0.3, -0.25) is 4.79 Å². The van der Waals surface area contributed by atoms with E-state index in [1.165, 1.54) is 12.1 Å². The summed E-state index contributed by atoms with van der Waals surface area (Å²) < 4.78 is 25.2. The van der Waals surface area contributed by atoms with Crippen molar-refractivity contribution in [1.82, 2.24) is 4.90 Å². The molecular weight excluding hydrogens is 360 g/mol. The fourth-order valence-corrected chi connectivity index (χ4v) is 5.06. The van der Waals surface area contributed by atoms with Crippen LogP contribution < -0.4 is 5.73 Å². The second-order valence-electron chi connectivity index (χ2n) is 7.19. The predicted octanol–water partition coefficient (Wildman–Crippen LogP) is 2.86. The van der Waals surface area contributed by atoms with Crippen molar-refractivity contribution >= 4 is 15.7 Å². The first kappa shape index (κ1) is 19.6. The van der Waals surface area contributed by atoms with Gasteiger partial charge in [0.05, 0.1) is 10.6 Å². The van der Waals surface area contributed by atoms with Gasteiger partial charge in [-0.25, -0.2) is 8.42 Å². The van der Waals surface area contributed by atoms with Crippen LogP contribution in [0.2, 0.25) is 0 Å². The molecule has 1 amide bonds. The SMILES string of the molecule is C[C@@H]1CCCN(C(=O)c2ccc(S(=O)(=O)Cc3ccccc3)cc2)[C@@H]1CN. The highest BCUT2D eigenvalue weighted by atomic mass is 32.2. The Morgan fingerprint density at radius 3 is 2.41 bits per heavy atom. The van der Waals surface area contributed by atoms with Crippen LogP contribution in [-0.4, -0.2) is 38.4 Å². The maximum absolute atomic E-state index is 12.9. The molecular formula is C21H26N2O3S. The molecule has 0 saturated carbocycles. The molecule has 2 atom stereocenters. The molecule has 3 rings (SSSR count). The largest absolute Gasteiger partial charge is 0.334 e. The van der Waals surface area contributed by atoms with E-state index in [0.717, 1.165) is 18.4 Å². The van der Waals surface area contributed by atoms with Crippen LogP contribution in [0.15, 0.2) is 59.5 Å². The van der Waals surface area contributed by atoms with E-state index in [2.05, 4.69) is 6.92 Å². The van der Waals surface area contributed by atoms with E-state index in [-0.39, 0.29) is 22.6 Å². The Morgan fingerprint density at radius 2 is 1.78 bits per heavy atom. The molecule has 6 heteroatoms. The minimum Gasteiger partial charge on any atom is -0.334 e. The lowest BCUT2D eigenvalue weighted by Crippen LogP contribution is -2.51. The van der Waals surface area contributed by atoms with Crippen molar-refractivity contribution in [1.29, 1.82) is 0 Å². The molecule has 2 N–H and O–H groups in total. The number of sulfone groups is 1. The van der Waals surface area contributed by atoms with Gasteiger partial charge < -0.3 is 10.6 Å². The highest BCUT2D eigenvalue weighted by molar-refractivity contribution is 7.90. The molecule has 0 radical (unpaired) electrons. The van der Waals surface area contributed by atoms with Crippen LogP contribution in [-0.2, 0) is 15.6 Å². The number of nitrogens with zero attached hydrogens (tertiary/aromatic N) is 1. The minimum atomic E-state index is -3.45. The summed E-state index contributed by atoms with van der Waals surface area (Å²) in [5.74, 6) is 0.238. The smallest absolute Gasteiger partial charge is 0.254 e. The molecule has 144 valence electrons. The molecule has 1 fully saturated rings. The van der Waals surface area contributed by atoms with Gasteiger partial charge in [0.15, 0.2) is 9.84 Å². The average molecular weight is 387 g/mol. The molecule has 0 bridgehead atoms. The number of nitrogens with two attached hydrogens (primary N) is 1. The summed E-state index contributed by atoms with van der Waals surface area (Å²) in [4.78, 5) is 14.9. The Bertz CT molecular complexity index is 879. The van der Waals surface area contributed by atoms with Gasteiger partial charge in [-0.1, -0.05) is 37.3 Å². The Kier molecular flexibility index (Phi) is 5.97. The number of likely N-dealkylation sites (tertiary alicyclic amines) is 1. The summed E-state index contributed by atoms with van der Waals surface area (Å²) in [7, 11) is -3.45. The van der Waals surface area contributed by atoms with Crippen molar-refractivity contribution in [2.24, 2.45) is 11.7 Å². The number of benzene rings is 2. The molecule has 0 aromatic heterocycles. The van der Waals surface area contributed by atoms with Gasteiger partial charge >= 0.3 is 0 Å². The second-order valence-corrected chi connectivity index (χ2v) is 9.18. The molecule has 0 spiro atoms. The van der Waals surface area contributed by atoms with Crippen molar-refractivity contribution in [3.63, 3.8) is 0 Å². The summed E-state index contributed by atoms with van der Waals surface area (Å²) in [6, 6.07) is 15.4. The summed E-state index contributed by atoms with van der Waals surface area (Å²) in [6.07, 6.45) is 2.04. The fraction of sp³-hybridized carbons (Fsp3) is 0.381. The lowest BCUT2D eigenvalue weighted by molar-refractivity contribution is 0.0532. The van der Waals surface area contributed by atoms with Crippen LogP contribution in [0.1, 0.15) is 35.7 Å². The van der Waals surface area contributed by atoms with E-state index in [9.17, 15) is 13.2 Å². The topological polar surface area (TPSA) is 80.5 Å². The van der Waals surface area contributed by atoms with E-state index in [1.54, 1.807) is 24.3 Å². The lowest BCUT2D eigenvalue weighted by atomic mass is 9.90. The van der Waals surface area contributed by atoms with E-state index in [4.69, 9.17) is 5.73 Å². The van der Waals surface area contributed by atoms with E-state index in [1.807, 2.05) is 23.1 Å². The quantitative estimate of drug-likeness (QED) is 0.857. The summed E-state index contributed by atoms with van der Waals surface area (Å²) in [5.41, 5.74) is 7.12. The number of amides is 1. The maximum atomic E-state index is 12.9. The number of hydrogen-bond acceptors (Lipinski definition) is 4. The zero-order valence-electron chi connectivity index (χ0n) is 15.5. The van der Waals surface area contributed by atoms with Crippen molar-refractivity contribution < 1.29 is 13.2 Å². The monoisotopic (exact) mass is 386 g/mol. The number of rotatable bonds is 5. The Balaban J connectivity index is 1.77. The molecule has 1 saturated heterocycles. The number of carbonyl (C=O) groups is 1. The van der Waals surface area contributed by atoms with E-state index < -0.39 is 9.84 Å². The van der Waals surface area contributed by atoms with Crippen LogP contribution in [0.4, 0.5) is 0 Å². The molecule has 0 unspecified atom stereocenters. The highest BCUT2D eigenvalue weighted by Gasteiger charge is 2.31. The third-order valence-corrected chi connectivity index (χ3v) is 6.98. The third-order valence-electron chi connectivity index (χ3n) is 5.28. The first-order chi connectivity index (χ1) is 12.9. The molecule has 1 heterocycles. The number of carbonyl (C=O) groups excluding carboxylic acids is 1. The van der Waals surface area contributed by atoms with Gasteiger partial charge in [0, 0.05) is 24.7 Å². The van der Waals surface area contributed by atoms with Crippen molar-refractivity contribution in [3.8, 4) is 0 Å². The van der Waals surface area contributed by atoms with Gasteiger partial charge in [0.1, 0.15) is 0 Å². The Morgan fingerprint density at radius 1 is 1.11 bits per heavy atom. The second kappa shape index (κ2) is 8.23. The van der Waals surface area contributed by atoms with Crippen LogP contribution in [0, 0.1) is 5.92 Å². The first-order valence-electron chi connectivity index (χ1n) is 9.30. The summed E-state index contributed by atoms with van der Waals surface area (Å²) in [6.45, 7) is 3.26. The zero-order chi connectivity index (χ0) is 19.4. The Hall–Kier alpha value is -2.18.